The van der Waals surface area contributed by atoms with Crippen LogP contribution in [0.1, 0.15) is 31.7 Å². The average Bonchev–Trinajstić information content (AvgIpc) is 2.62. The van der Waals surface area contributed by atoms with Crippen molar-refractivity contribution in [1.82, 2.24) is 16.2 Å². The molecule has 0 aliphatic carbocycles. The molecule has 1 aromatic carbocycles. The molecule has 8 nitrogen and oxygen atoms in total. The normalized spacial score (nSPS) is 10.0. The van der Waals surface area contributed by atoms with Gasteiger partial charge in [-0.05, 0) is 59.2 Å². The molecule has 0 aliphatic heterocycles. The first kappa shape index (κ1) is 24.3. The van der Waals surface area contributed by atoms with Crippen LogP contribution in [0.3, 0.4) is 0 Å². The molecule has 0 unspecified atom stereocenters. The van der Waals surface area contributed by atoms with Crippen LogP contribution in [0.4, 0.5) is 0 Å². The SMILES string of the molecule is CCCOC(=O)CCC(=O)NC(=S)NNC(=O)COc1c(C)cc(Br)cc1Br. The average molecular weight is 539 g/mol. The Labute approximate surface area is 185 Å². The third-order valence-electron chi connectivity index (χ3n) is 3.13. The van der Waals surface area contributed by atoms with E-state index in [1.54, 1.807) is 6.07 Å². The van der Waals surface area contributed by atoms with E-state index in [4.69, 9.17) is 21.7 Å². The van der Waals surface area contributed by atoms with Gasteiger partial charge in [-0.1, -0.05) is 22.9 Å². The fourth-order valence-corrected chi connectivity index (χ4v) is 3.61. The van der Waals surface area contributed by atoms with Crippen LogP contribution in [0.5, 0.6) is 5.75 Å². The lowest BCUT2D eigenvalue weighted by Gasteiger charge is -2.13. The molecule has 3 N–H and O–H groups in total. The maximum atomic E-state index is 11.9. The Balaban J connectivity index is 2.30. The van der Waals surface area contributed by atoms with E-state index in [2.05, 4.69) is 48.0 Å². The summed E-state index contributed by atoms with van der Waals surface area (Å²) in [4.78, 5) is 34.9. The van der Waals surface area contributed by atoms with E-state index in [1.807, 2.05) is 19.9 Å². The van der Waals surface area contributed by atoms with Gasteiger partial charge in [-0.15, -0.1) is 0 Å². The van der Waals surface area contributed by atoms with E-state index in [0.717, 1.165) is 10.0 Å². The van der Waals surface area contributed by atoms with Crippen molar-refractivity contribution in [2.24, 2.45) is 0 Å². The first-order valence-electron chi connectivity index (χ1n) is 8.35. The van der Waals surface area contributed by atoms with Gasteiger partial charge in [0.15, 0.2) is 11.7 Å². The summed E-state index contributed by atoms with van der Waals surface area (Å²) in [5, 5.41) is 2.25. The molecule has 0 aliphatic rings. The number of nitrogens with one attached hydrogen (secondary N) is 3. The highest BCUT2D eigenvalue weighted by Gasteiger charge is 2.12. The summed E-state index contributed by atoms with van der Waals surface area (Å²) in [7, 11) is 0. The van der Waals surface area contributed by atoms with Gasteiger partial charge in [-0.2, -0.15) is 0 Å². The van der Waals surface area contributed by atoms with Gasteiger partial charge in [0.1, 0.15) is 5.75 Å². The predicted octanol–water partition coefficient (Wildman–Crippen LogP) is 2.65. The Bertz CT molecular complexity index is 722. The molecule has 0 saturated heterocycles. The number of carbonyl (C=O) groups is 3. The molecule has 0 atom stereocenters. The number of halogens is 2. The van der Waals surface area contributed by atoms with E-state index < -0.39 is 17.8 Å². The highest BCUT2D eigenvalue weighted by Crippen LogP contribution is 2.32. The molecule has 0 spiro atoms. The van der Waals surface area contributed by atoms with Gasteiger partial charge in [0.25, 0.3) is 5.91 Å². The monoisotopic (exact) mass is 537 g/mol. The van der Waals surface area contributed by atoms with Gasteiger partial charge in [-0.25, -0.2) is 0 Å². The van der Waals surface area contributed by atoms with E-state index in [9.17, 15) is 14.4 Å². The summed E-state index contributed by atoms with van der Waals surface area (Å²) >= 11 is 11.6. The number of hydrogen-bond donors (Lipinski definition) is 3. The minimum absolute atomic E-state index is 0.0456. The fraction of sp³-hybridized carbons (Fsp3) is 0.412. The van der Waals surface area contributed by atoms with Crippen molar-refractivity contribution in [2.45, 2.75) is 33.1 Å². The van der Waals surface area contributed by atoms with E-state index >= 15 is 0 Å². The summed E-state index contributed by atoms with van der Waals surface area (Å²) in [6.45, 7) is 3.80. The van der Waals surface area contributed by atoms with Gasteiger partial charge in [-0.3, -0.25) is 25.2 Å². The number of hydrazine groups is 1. The molecule has 0 radical (unpaired) electrons. The van der Waals surface area contributed by atoms with Crippen LogP contribution in [-0.2, 0) is 19.1 Å². The highest BCUT2D eigenvalue weighted by molar-refractivity contribution is 9.11. The van der Waals surface area contributed by atoms with Crippen molar-refractivity contribution in [3.05, 3.63) is 26.6 Å². The Kier molecular flexibility index (Phi) is 11.0. The highest BCUT2D eigenvalue weighted by atomic mass is 79.9. The quantitative estimate of drug-likeness (QED) is 0.265. The zero-order valence-corrected chi connectivity index (χ0v) is 19.4. The Morgan fingerprint density at radius 2 is 1.82 bits per heavy atom. The molecule has 0 heterocycles. The molecule has 0 fully saturated rings. The Hall–Kier alpha value is -1.72. The molecule has 2 amide bonds. The Morgan fingerprint density at radius 1 is 1.11 bits per heavy atom. The molecule has 1 rings (SSSR count). The van der Waals surface area contributed by atoms with Crippen LogP contribution in [-0.4, -0.2) is 36.1 Å². The van der Waals surface area contributed by atoms with Crippen molar-refractivity contribution in [2.75, 3.05) is 13.2 Å². The Morgan fingerprint density at radius 3 is 2.46 bits per heavy atom. The summed E-state index contributed by atoms with van der Waals surface area (Å²) in [5.74, 6) is -0.861. The number of aryl methyl sites for hydroxylation is 1. The molecule has 0 aromatic heterocycles. The zero-order valence-electron chi connectivity index (χ0n) is 15.4. The van der Waals surface area contributed by atoms with Crippen LogP contribution in [0.25, 0.3) is 0 Å². The molecular formula is C17H21Br2N3O5S. The third kappa shape index (κ3) is 9.47. The van der Waals surface area contributed by atoms with Crippen molar-refractivity contribution < 1.29 is 23.9 Å². The molecule has 1 aromatic rings. The van der Waals surface area contributed by atoms with Gasteiger partial charge < -0.3 is 14.8 Å². The lowest BCUT2D eigenvalue weighted by Crippen LogP contribution is -2.49. The molecular weight excluding hydrogens is 518 g/mol. The largest absolute Gasteiger partial charge is 0.482 e. The number of carbonyl (C=O) groups excluding carboxylic acids is 3. The second-order valence-corrected chi connectivity index (χ2v) is 7.77. The lowest BCUT2D eigenvalue weighted by molar-refractivity contribution is -0.144. The van der Waals surface area contributed by atoms with Crippen molar-refractivity contribution in [3.8, 4) is 5.75 Å². The smallest absolute Gasteiger partial charge is 0.306 e. The number of amides is 2. The summed E-state index contributed by atoms with van der Waals surface area (Å²) < 4.78 is 12.0. The van der Waals surface area contributed by atoms with Crippen molar-refractivity contribution in [1.29, 1.82) is 0 Å². The van der Waals surface area contributed by atoms with Gasteiger partial charge >= 0.3 is 5.97 Å². The van der Waals surface area contributed by atoms with Crippen LogP contribution in [0, 0.1) is 6.92 Å². The summed E-state index contributed by atoms with van der Waals surface area (Å²) in [6.07, 6.45) is 0.599. The third-order valence-corrected chi connectivity index (χ3v) is 4.38. The van der Waals surface area contributed by atoms with Gasteiger partial charge in [0.2, 0.25) is 5.91 Å². The maximum absolute atomic E-state index is 11.9. The van der Waals surface area contributed by atoms with Crippen molar-refractivity contribution >= 4 is 67.0 Å². The minimum Gasteiger partial charge on any atom is -0.482 e. The molecule has 154 valence electrons. The first-order valence-corrected chi connectivity index (χ1v) is 10.3. The number of benzene rings is 1. The van der Waals surface area contributed by atoms with Crippen LogP contribution in [0.15, 0.2) is 21.1 Å². The van der Waals surface area contributed by atoms with E-state index in [-0.39, 0.29) is 24.6 Å². The van der Waals surface area contributed by atoms with Gasteiger partial charge in [0.05, 0.1) is 17.5 Å². The number of thiocarbonyl (C=S) groups is 1. The second-order valence-electron chi connectivity index (χ2n) is 5.59. The standard InChI is InChI=1S/C17H21Br2N3O5S/c1-3-6-26-15(25)5-4-13(23)20-17(28)22-21-14(24)9-27-16-10(2)7-11(18)8-12(16)19/h7-8H,3-6,9H2,1-2H3,(H,21,24)(H2,20,22,23,28). The number of esters is 1. The summed E-state index contributed by atoms with van der Waals surface area (Å²) in [6, 6.07) is 3.67. The number of hydrogen-bond acceptors (Lipinski definition) is 6. The lowest BCUT2D eigenvalue weighted by atomic mass is 10.2. The molecule has 0 bridgehead atoms. The summed E-state index contributed by atoms with van der Waals surface area (Å²) in [5.41, 5.74) is 5.56. The maximum Gasteiger partial charge on any atom is 0.306 e. The van der Waals surface area contributed by atoms with Crippen molar-refractivity contribution in [3.63, 3.8) is 0 Å². The first-order chi connectivity index (χ1) is 13.2. The van der Waals surface area contributed by atoms with Gasteiger partial charge in [0, 0.05) is 10.9 Å². The fourth-order valence-electron chi connectivity index (χ4n) is 1.90. The topological polar surface area (TPSA) is 106 Å². The predicted molar refractivity (Wildman–Crippen MR) is 115 cm³/mol. The molecule has 28 heavy (non-hydrogen) atoms. The van der Waals surface area contributed by atoms with Crippen LogP contribution in [0.2, 0.25) is 0 Å². The number of rotatable bonds is 8. The minimum atomic E-state index is -0.492. The number of ether oxygens (including phenoxy) is 2. The molecule has 0 saturated carbocycles. The zero-order chi connectivity index (χ0) is 21.1. The van der Waals surface area contributed by atoms with E-state index in [1.165, 1.54) is 0 Å². The second kappa shape index (κ2) is 12.7. The van der Waals surface area contributed by atoms with E-state index in [0.29, 0.717) is 23.2 Å². The molecule has 11 heteroatoms. The van der Waals surface area contributed by atoms with Crippen LogP contribution < -0.4 is 20.9 Å². The van der Waals surface area contributed by atoms with Crippen LogP contribution >= 0.6 is 44.1 Å².